The molecule has 0 saturated carbocycles. The Morgan fingerprint density at radius 1 is 1.32 bits per heavy atom. The number of ether oxygens (including phenoxy) is 1. The van der Waals surface area contributed by atoms with Gasteiger partial charge in [-0.3, -0.25) is 4.68 Å². The van der Waals surface area contributed by atoms with Crippen molar-refractivity contribution in [1.29, 1.82) is 0 Å². The summed E-state index contributed by atoms with van der Waals surface area (Å²) in [6.45, 7) is 1.18. The summed E-state index contributed by atoms with van der Waals surface area (Å²) < 4.78 is 57.4. The number of halogens is 6. The second-order valence-electron chi connectivity index (χ2n) is 3.41. The van der Waals surface area contributed by atoms with Crippen LogP contribution in [0.4, 0.5) is 17.6 Å². The van der Waals surface area contributed by atoms with Gasteiger partial charge in [0.05, 0.1) is 6.61 Å². The number of carbonyl (C=O) groups is 1. The molecule has 0 aliphatic carbocycles. The van der Waals surface area contributed by atoms with Gasteiger partial charge in [0.2, 0.25) is 0 Å². The molecule has 0 aliphatic rings. The van der Waals surface area contributed by atoms with Crippen molar-refractivity contribution in [3.8, 4) is 0 Å². The minimum atomic E-state index is -4.11. The molecule has 0 unspecified atom stereocenters. The predicted octanol–water partition coefficient (Wildman–Crippen LogP) is 3.17. The first-order chi connectivity index (χ1) is 8.50. The maximum atomic E-state index is 13.2. The highest BCUT2D eigenvalue weighted by Gasteiger charge is 2.46. The van der Waals surface area contributed by atoms with Gasteiger partial charge in [0.15, 0.2) is 5.69 Å². The van der Waals surface area contributed by atoms with Crippen molar-refractivity contribution in [3.63, 3.8) is 0 Å². The molecule has 4 nitrogen and oxygen atoms in total. The lowest BCUT2D eigenvalue weighted by atomic mass is 10.1. The van der Waals surface area contributed by atoms with Crippen molar-refractivity contribution in [1.82, 2.24) is 9.78 Å². The minimum Gasteiger partial charge on any atom is -0.462 e. The molecule has 0 saturated heterocycles. The molecule has 0 spiro atoms. The Bertz CT molecular complexity index is 494. The van der Waals surface area contributed by atoms with Crippen LogP contribution in [-0.2, 0) is 22.5 Å². The third kappa shape index (κ3) is 3.30. The molecule has 1 aromatic heterocycles. The van der Waals surface area contributed by atoms with E-state index in [9.17, 15) is 22.4 Å². The highest BCUT2D eigenvalue weighted by Crippen LogP contribution is 2.41. The average Bonchev–Trinajstić information content (AvgIpc) is 2.55. The van der Waals surface area contributed by atoms with Crippen LogP contribution in [0.2, 0.25) is 0 Å². The Kier molecular flexibility index (Phi) is 4.36. The van der Waals surface area contributed by atoms with Gasteiger partial charge in [-0.2, -0.15) is 22.7 Å². The second-order valence-corrected chi connectivity index (χ2v) is 4.36. The lowest BCUT2D eigenvalue weighted by Crippen LogP contribution is -2.19. The standard InChI is InChI=1S/C9H8Cl2F4N2O2/c1-3-19-7(18)4-5(8(10,12)13)16-17(2)6(4)9(11,14)15/h3H2,1-2H3. The van der Waals surface area contributed by atoms with E-state index < -0.39 is 33.7 Å². The molecular formula is C9H8Cl2F4N2O2. The van der Waals surface area contributed by atoms with Crippen molar-refractivity contribution >= 4 is 29.2 Å². The van der Waals surface area contributed by atoms with Crippen molar-refractivity contribution in [3.05, 3.63) is 17.0 Å². The molecule has 19 heavy (non-hydrogen) atoms. The smallest absolute Gasteiger partial charge is 0.367 e. The first-order valence-electron chi connectivity index (χ1n) is 4.88. The maximum Gasteiger partial charge on any atom is 0.367 e. The normalized spacial score (nSPS) is 12.6. The predicted molar refractivity (Wildman–Crippen MR) is 58.7 cm³/mol. The minimum absolute atomic E-state index is 0.200. The fourth-order valence-electron chi connectivity index (χ4n) is 1.44. The topological polar surface area (TPSA) is 44.1 Å². The zero-order chi connectivity index (χ0) is 15.0. The third-order valence-corrected chi connectivity index (χ3v) is 2.42. The van der Waals surface area contributed by atoms with E-state index in [1.54, 1.807) is 0 Å². The molecule has 108 valence electrons. The summed E-state index contributed by atoms with van der Waals surface area (Å²) in [5, 5.41) is -5.07. The van der Waals surface area contributed by atoms with Gasteiger partial charge in [-0.1, -0.05) is 0 Å². The number of alkyl halides is 6. The van der Waals surface area contributed by atoms with Crippen LogP contribution < -0.4 is 0 Å². The van der Waals surface area contributed by atoms with Gasteiger partial charge < -0.3 is 4.74 Å². The van der Waals surface area contributed by atoms with Gasteiger partial charge >= 0.3 is 16.7 Å². The van der Waals surface area contributed by atoms with E-state index in [1.165, 1.54) is 6.92 Å². The van der Waals surface area contributed by atoms with Crippen LogP contribution in [0, 0.1) is 0 Å². The van der Waals surface area contributed by atoms with Crippen LogP contribution >= 0.6 is 23.2 Å². The summed E-state index contributed by atoms with van der Waals surface area (Å²) in [6, 6.07) is 0. The van der Waals surface area contributed by atoms with E-state index in [4.69, 9.17) is 23.2 Å². The van der Waals surface area contributed by atoms with Crippen LogP contribution in [0.1, 0.15) is 28.7 Å². The molecule has 10 heteroatoms. The molecule has 0 atom stereocenters. The average molecular weight is 323 g/mol. The van der Waals surface area contributed by atoms with Crippen molar-refractivity contribution in [2.24, 2.45) is 7.05 Å². The quantitative estimate of drug-likeness (QED) is 0.486. The zero-order valence-corrected chi connectivity index (χ0v) is 11.2. The van der Waals surface area contributed by atoms with Crippen molar-refractivity contribution in [2.75, 3.05) is 6.61 Å². The number of hydrogen-bond acceptors (Lipinski definition) is 3. The highest BCUT2D eigenvalue weighted by molar-refractivity contribution is 6.23. The van der Waals surface area contributed by atoms with Crippen LogP contribution in [0.25, 0.3) is 0 Å². The molecule has 0 radical (unpaired) electrons. The van der Waals surface area contributed by atoms with Gasteiger partial charge in [0.1, 0.15) is 11.3 Å². The molecule has 0 aliphatic heterocycles. The summed E-state index contributed by atoms with van der Waals surface area (Å²) in [5.74, 6) is -1.40. The van der Waals surface area contributed by atoms with Crippen molar-refractivity contribution < 1.29 is 27.1 Å². The molecule has 1 aromatic rings. The van der Waals surface area contributed by atoms with E-state index in [-0.39, 0.29) is 6.61 Å². The molecule has 1 heterocycles. The summed E-state index contributed by atoms with van der Waals surface area (Å²) >= 11 is 9.53. The van der Waals surface area contributed by atoms with E-state index in [1.807, 2.05) is 0 Å². The first-order valence-corrected chi connectivity index (χ1v) is 5.64. The van der Waals surface area contributed by atoms with Crippen LogP contribution in [0.5, 0.6) is 0 Å². The van der Waals surface area contributed by atoms with Gasteiger partial charge in [-0.15, -0.1) is 0 Å². The highest BCUT2D eigenvalue weighted by atomic mass is 35.5. The van der Waals surface area contributed by atoms with Crippen LogP contribution in [0.3, 0.4) is 0 Å². The van der Waals surface area contributed by atoms with Gasteiger partial charge in [-0.25, -0.2) is 4.79 Å². The molecule has 0 fully saturated rings. The molecule has 1 rings (SSSR count). The number of nitrogens with zero attached hydrogens (tertiary/aromatic N) is 2. The summed E-state index contributed by atoms with van der Waals surface area (Å²) in [4.78, 5) is 11.5. The van der Waals surface area contributed by atoms with Gasteiger partial charge in [0.25, 0.3) is 0 Å². The molecule has 0 amide bonds. The molecule has 0 bridgehead atoms. The monoisotopic (exact) mass is 322 g/mol. The Labute approximate surface area is 115 Å². The molecular weight excluding hydrogens is 315 g/mol. The van der Waals surface area contributed by atoms with Crippen LogP contribution in [0.15, 0.2) is 0 Å². The van der Waals surface area contributed by atoms with Crippen molar-refractivity contribution in [2.45, 2.75) is 17.7 Å². The Hall–Kier alpha value is -1.02. The maximum absolute atomic E-state index is 13.2. The fraction of sp³-hybridized carbons (Fsp3) is 0.556. The molecule has 0 N–H and O–H groups in total. The van der Waals surface area contributed by atoms with Gasteiger partial charge in [-0.05, 0) is 30.1 Å². The lowest BCUT2D eigenvalue weighted by molar-refractivity contribution is 0.0468. The number of hydrogen-bond donors (Lipinski definition) is 0. The number of esters is 1. The number of rotatable bonds is 4. The third-order valence-electron chi connectivity index (χ3n) is 2.06. The summed E-state index contributed by atoms with van der Waals surface area (Å²) in [7, 11) is 0.931. The van der Waals surface area contributed by atoms with E-state index in [0.717, 1.165) is 7.05 Å². The number of carbonyl (C=O) groups excluding carboxylic acids is 1. The first kappa shape index (κ1) is 16.0. The zero-order valence-electron chi connectivity index (χ0n) is 9.69. The summed E-state index contributed by atoms with van der Waals surface area (Å²) in [5.41, 5.74) is -3.67. The van der Waals surface area contributed by atoms with E-state index >= 15 is 0 Å². The van der Waals surface area contributed by atoms with E-state index in [2.05, 4.69) is 9.84 Å². The Balaban J connectivity index is 3.57. The number of aromatic nitrogens is 2. The lowest BCUT2D eigenvalue weighted by Gasteiger charge is -2.11. The molecule has 0 aromatic carbocycles. The Morgan fingerprint density at radius 2 is 1.84 bits per heavy atom. The SMILES string of the molecule is CCOC(=O)c1c(C(F)(F)Cl)nn(C)c1C(F)(F)Cl. The largest absolute Gasteiger partial charge is 0.462 e. The van der Waals surface area contributed by atoms with Crippen LogP contribution in [-0.4, -0.2) is 22.4 Å². The summed E-state index contributed by atoms with van der Waals surface area (Å²) in [6.07, 6.45) is 0. The second kappa shape index (κ2) is 5.16. The number of aryl methyl sites for hydroxylation is 1. The fourth-order valence-corrected chi connectivity index (χ4v) is 1.79. The Morgan fingerprint density at radius 3 is 2.21 bits per heavy atom. The van der Waals surface area contributed by atoms with Gasteiger partial charge in [0, 0.05) is 7.05 Å². The van der Waals surface area contributed by atoms with E-state index in [0.29, 0.717) is 4.68 Å².